The van der Waals surface area contributed by atoms with Crippen LogP contribution in [-0.2, 0) is 0 Å². The van der Waals surface area contributed by atoms with Gasteiger partial charge in [0.05, 0.1) is 6.04 Å². The third-order valence-corrected chi connectivity index (χ3v) is 4.19. The zero-order valence-corrected chi connectivity index (χ0v) is 14.9. The van der Waals surface area contributed by atoms with E-state index in [-0.39, 0.29) is 30.0 Å². The highest BCUT2D eigenvalue weighted by molar-refractivity contribution is 5.96. The summed E-state index contributed by atoms with van der Waals surface area (Å²) in [5.74, 6) is 0.727. The minimum atomic E-state index is -0.322. The Balaban J connectivity index is 0.00000208. The van der Waals surface area contributed by atoms with Gasteiger partial charge < -0.3 is 15.8 Å². The third-order valence-electron chi connectivity index (χ3n) is 4.19. The maximum absolute atomic E-state index is 12.7. The fraction of sp³-hybridized carbons (Fsp3) is 0.316. The lowest BCUT2D eigenvalue weighted by atomic mass is 9.89. The van der Waals surface area contributed by atoms with Crippen LogP contribution in [0, 0.1) is 6.92 Å². The van der Waals surface area contributed by atoms with Crippen LogP contribution in [0.1, 0.15) is 47.8 Å². The number of benzene rings is 2. The molecule has 1 amide bonds. The zero-order chi connectivity index (χ0) is 16.6. The van der Waals surface area contributed by atoms with Crippen LogP contribution in [0.15, 0.2) is 42.5 Å². The molecule has 2 aromatic carbocycles. The number of para-hydroxylation sites is 1. The number of nitrogens with two attached hydrogens (primary N) is 1. The summed E-state index contributed by atoms with van der Waals surface area (Å²) in [6.45, 7) is 5.98. The number of hydrogen-bond acceptors (Lipinski definition) is 3. The Morgan fingerprint density at radius 1 is 1.25 bits per heavy atom. The molecule has 5 heteroatoms. The molecular weight excluding hydrogens is 324 g/mol. The van der Waals surface area contributed by atoms with Crippen LogP contribution in [-0.4, -0.2) is 11.5 Å². The molecule has 0 saturated carbocycles. The molecule has 0 aromatic heterocycles. The molecule has 128 valence electrons. The number of hydrogen-bond donors (Lipinski definition) is 2. The summed E-state index contributed by atoms with van der Waals surface area (Å²) in [7, 11) is 0. The average Bonchev–Trinajstić information content (AvgIpc) is 2.48. The van der Waals surface area contributed by atoms with Crippen molar-refractivity contribution in [2.45, 2.75) is 38.8 Å². The third kappa shape index (κ3) is 3.65. The van der Waals surface area contributed by atoms with Crippen LogP contribution in [0.2, 0.25) is 0 Å². The summed E-state index contributed by atoms with van der Waals surface area (Å²) in [6.07, 6.45) is 0.719. The number of rotatable bonds is 2. The number of nitrogens with one attached hydrogen (secondary N) is 1. The van der Waals surface area contributed by atoms with Crippen LogP contribution in [0.4, 0.5) is 5.69 Å². The van der Waals surface area contributed by atoms with Crippen LogP contribution in [0.25, 0.3) is 0 Å². The lowest BCUT2D eigenvalue weighted by Gasteiger charge is -2.38. The summed E-state index contributed by atoms with van der Waals surface area (Å²) in [4.78, 5) is 12.7. The first kappa shape index (κ1) is 18.1. The van der Waals surface area contributed by atoms with Gasteiger partial charge in [-0.1, -0.05) is 24.3 Å². The van der Waals surface area contributed by atoms with E-state index in [1.165, 1.54) is 0 Å². The second-order valence-electron chi connectivity index (χ2n) is 6.70. The summed E-state index contributed by atoms with van der Waals surface area (Å²) in [6, 6.07) is 13.2. The Bertz CT molecular complexity index is 759. The molecule has 1 aliphatic heterocycles. The van der Waals surface area contributed by atoms with Crippen molar-refractivity contribution in [3.05, 3.63) is 59.2 Å². The smallest absolute Gasteiger partial charge is 0.252 e. The van der Waals surface area contributed by atoms with Crippen molar-refractivity contribution >= 4 is 24.0 Å². The second kappa shape index (κ2) is 6.73. The van der Waals surface area contributed by atoms with E-state index in [1.807, 2.05) is 51.1 Å². The molecule has 1 unspecified atom stereocenters. The molecule has 1 atom stereocenters. The SMILES string of the molecule is Cc1ccc(N)cc1C(=O)NC1CC(C)(C)Oc2ccccc21.Cl. The Kier molecular flexibility index (Phi) is 5.09. The van der Waals surface area contributed by atoms with Crippen molar-refractivity contribution in [1.82, 2.24) is 5.32 Å². The number of aryl methyl sites for hydroxylation is 1. The molecule has 4 nitrogen and oxygen atoms in total. The standard InChI is InChI=1S/C19H22N2O2.ClH/c1-12-8-9-13(20)10-15(12)18(22)21-16-11-19(2,3)23-17-7-5-4-6-14(16)17;/h4-10,16H,11,20H2,1-3H3,(H,21,22);1H. The topological polar surface area (TPSA) is 64.4 Å². The van der Waals surface area contributed by atoms with Gasteiger partial charge >= 0.3 is 0 Å². The zero-order valence-electron chi connectivity index (χ0n) is 14.1. The van der Waals surface area contributed by atoms with Crippen molar-refractivity contribution in [3.8, 4) is 5.75 Å². The predicted octanol–water partition coefficient (Wildman–Crippen LogP) is 4.03. The maximum Gasteiger partial charge on any atom is 0.252 e. The van der Waals surface area contributed by atoms with Gasteiger partial charge in [-0.3, -0.25) is 4.79 Å². The molecule has 0 aliphatic carbocycles. The van der Waals surface area contributed by atoms with Crippen molar-refractivity contribution < 1.29 is 9.53 Å². The number of nitrogen functional groups attached to an aromatic ring is 1. The van der Waals surface area contributed by atoms with Crippen LogP contribution >= 0.6 is 12.4 Å². The number of amides is 1. The van der Waals surface area contributed by atoms with E-state index in [0.717, 1.165) is 23.3 Å². The Morgan fingerprint density at radius 2 is 1.96 bits per heavy atom. The van der Waals surface area contributed by atoms with Gasteiger partial charge in [0.15, 0.2) is 0 Å². The van der Waals surface area contributed by atoms with Gasteiger partial charge in [-0.2, -0.15) is 0 Å². The molecule has 1 heterocycles. The molecule has 2 aromatic rings. The average molecular weight is 347 g/mol. The quantitative estimate of drug-likeness (QED) is 0.807. The number of halogens is 1. The molecule has 0 radical (unpaired) electrons. The lowest BCUT2D eigenvalue weighted by molar-refractivity contribution is 0.0619. The Labute approximate surface area is 148 Å². The first-order valence-corrected chi connectivity index (χ1v) is 7.81. The van der Waals surface area contributed by atoms with Gasteiger partial charge in [0, 0.05) is 23.2 Å². The van der Waals surface area contributed by atoms with Gasteiger partial charge in [-0.15, -0.1) is 12.4 Å². The van der Waals surface area contributed by atoms with Gasteiger partial charge in [-0.05, 0) is 44.5 Å². The second-order valence-corrected chi connectivity index (χ2v) is 6.70. The summed E-state index contributed by atoms with van der Waals surface area (Å²) >= 11 is 0. The van der Waals surface area contributed by atoms with Crippen molar-refractivity contribution in [3.63, 3.8) is 0 Å². The summed E-state index contributed by atoms with van der Waals surface area (Å²) in [5, 5.41) is 3.14. The van der Waals surface area contributed by atoms with Crippen molar-refractivity contribution in [2.75, 3.05) is 5.73 Å². The molecule has 3 N–H and O–H groups in total. The highest BCUT2D eigenvalue weighted by atomic mass is 35.5. The molecule has 3 rings (SSSR count). The van der Waals surface area contributed by atoms with Crippen LogP contribution in [0.3, 0.4) is 0 Å². The first-order chi connectivity index (χ1) is 10.9. The minimum Gasteiger partial charge on any atom is -0.487 e. The van der Waals surface area contributed by atoms with E-state index in [4.69, 9.17) is 10.5 Å². The van der Waals surface area contributed by atoms with Gasteiger partial charge in [0.2, 0.25) is 0 Å². The van der Waals surface area contributed by atoms with E-state index < -0.39 is 0 Å². The molecular formula is C19H23ClN2O2. The molecule has 0 saturated heterocycles. The van der Waals surface area contributed by atoms with Gasteiger partial charge in [-0.25, -0.2) is 0 Å². The fourth-order valence-electron chi connectivity index (χ4n) is 3.05. The number of ether oxygens (including phenoxy) is 1. The first-order valence-electron chi connectivity index (χ1n) is 7.81. The van der Waals surface area contributed by atoms with E-state index in [1.54, 1.807) is 12.1 Å². The maximum atomic E-state index is 12.7. The Hall–Kier alpha value is -2.20. The predicted molar refractivity (Wildman–Crippen MR) is 98.8 cm³/mol. The number of anilines is 1. The minimum absolute atomic E-state index is 0. The molecule has 0 bridgehead atoms. The van der Waals surface area contributed by atoms with E-state index in [2.05, 4.69) is 5.32 Å². The molecule has 0 spiro atoms. The Morgan fingerprint density at radius 3 is 2.71 bits per heavy atom. The highest BCUT2D eigenvalue weighted by Gasteiger charge is 2.34. The normalized spacial score (nSPS) is 17.9. The summed E-state index contributed by atoms with van der Waals surface area (Å²) in [5.41, 5.74) is 8.63. The molecule has 1 aliphatic rings. The lowest BCUT2D eigenvalue weighted by Crippen LogP contribution is -2.41. The van der Waals surface area contributed by atoms with E-state index in [9.17, 15) is 4.79 Å². The van der Waals surface area contributed by atoms with Crippen molar-refractivity contribution in [1.29, 1.82) is 0 Å². The summed E-state index contributed by atoms with van der Waals surface area (Å²) < 4.78 is 6.01. The van der Waals surface area contributed by atoms with Crippen LogP contribution in [0.5, 0.6) is 5.75 Å². The van der Waals surface area contributed by atoms with E-state index >= 15 is 0 Å². The molecule has 24 heavy (non-hydrogen) atoms. The van der Waals surface area contributed by atoms with E-state index in [0.29, 0.717) is 11.3 Å². The van der Waals surface area contributed by atoms with Crippen LogP contribution < -0.4 is 15.8 Å². The largest absolute Gasteiger partial charge is 0.487 e. The van der Waals surface area contributed by atoms with Gasteiger partial charge in [0.25, 0.3) is 5.91 Å². The monoisotopic (exact) mass is 346 g/mol. The fourth-order valence-corrected chi connectivity index (χ4v) is 3.05. The van der Waals surface area contributed by atoms with Crippen molar-refractivity contribution in [2.24, 2.45) is 0 Å². The number of fused-ring (bicyclic) bond motifs is 1. The van der Waals surface area contributed by atoms with Gasteiger partial charge in [0.1, 0.15) is 11.4 Å². The molecule has 0 fully saturated rings. The number of carbonyl (C=O) groups excluding carboxylic acids is 1. The number of carbonyl (C=O) groups is 1. The highest BCUT2D eigenvalue weighted by Crippen LogP contribution is 2.39.